The number of fused-ring (bicyclic) bond motifs is 1. The quantitative estimate of drug-likeness (QED) is 0.526. The van der Waals surface area contributed by atoms with E-state index in [1.807, 2.05) is 24.3 Å². The average molecular weight is 352 g/mol. The zero-order valence-corrected chi connectivity index (χ0v) is 13.9. The van der Waals surface area contributed by atoms with Crippen LogP contribution < -0.4 is 0 Å². The Kier molecular flexibility index (Phi) is 6.90. The molecule has 0 bridgehead atoms. The molecule has 0 N–H and O–H groups in total. The smallest absolute Gasteiger partial charge is 0.331 e. The second kappa shape index (κ2) is 9.60. The molecule has 0 aliphatic rings. The number of ether oxygens (including phenoxy) is 1. The molecule has 0 radical (unpaired) electrons. The van der Waals surface area contributed by atoms with E-state index in [9.17, 15) is 9.59 Å². The van der Waals surface area contributed by atoms with E-state index in [4.69, 9.17) is 19.7 Å². The van der Waals surface area contributed by atoms with E-state index in [0.29, 0.717) is 11.1 Å². The minimum atomic E-state index is -0.721. The van der Waals surface area contributed by atoms with E-state index >= 15 is 0 Å². The number of hydrogen-bond acceptors (Lipinski definition) is 7. The molecule has 0 saturated heterocycles. The van der Waals surface area contributed by atoms with Gasteiger partial charge >= 0.3 is 5.97 Å². The molecule has 0 unspecified atom stereocenters. The Morgan fingerprint density at radius 3 is 2.54 bits per heavy atom. The summed E-state index contributed by atoms with van der Waals surface area (Å²) in [6.07, 6.45) is 2.76. The number of rotatable bonds is 8. The van der Waals surface area contributed by atoms with Gasteiger partial charge in [0.15, 0.2) is 12.2 Å². The number of hydrogen-bond donors (Lipinski definition) is 0. The van der Waals surface area contributed by atoms with E-state index in [2.05, 4.69) is 4.98 Å². The van der Waals surface area contributed by atoms with Crippen LogP contribution in [0.25, 0.3) is 17.2 Å². The van der Waals surface area contributed by atoms with E-state index in [1.54, 1.807) is 12.1 Å². The lowest BCUT2D eigenvalue weighted by molar-refractivity contribution is -0.148. The maximum Gasteiger partial charge on any atom is 0.331 e. The summed E-state index contributed by atoms with van der Waals surface area (Å²) in [5.74, 6) is -0.931. The summed E-state index contributed by atoms with van der Waals surface area (Å²) in [7, 11) is 0. The van der Waals surface area contributed by atoms with Crippen LogP contribution in [0.1, 0.15) is 18.7 Å². The molecule has 2 aromatic rings. The number of carbonyl (C=O) groups excluding carboxylic acids is 2. The number of para-hydroxylation sites is 2. The topological polar surface area (TPSA) is 120 Å². The molecule has 0 spiro atoms. The fourth-order valence-corrected chi connectivity index (χ4v) is 2.10. The van der Waals surface area contributed by atoms with Gasteiger partial charge in [0.25, 0.3) is 5.91 Å². The van der Waals surface area contributed by atoms with Gasteiger partial charge in [0.05, 0.1) is 25.0 Å². The van der Waals surface area contributed by atoms with Crippen molar-refractivity contribution in [1.82, 2.24) is 9.88 Å². The van der Waals surface area contributed by atoms with Gasteiger partial charge in [-0.3, -0.25) is 4.79 Å². The molecule has 0 atom stereocenters. The van der Waals surface area contributed by atoms with Crippen molar-refractivity contribution in [3.05, 3.63) is 36.2 Å². The molecule has 0 aliphatic carbocycles. The normalized spacial score (nSPS) is 10.4. The number of esters is 1. The van der Waals surface area contributed by atoms with Gasteiger partial charge in [-0.05, 0) is 12.1 Å². The molecule has 26 heavy (non-hydrogen) atoms. The molecule has 0 saturated carbocycles. The number of oxazole rings is 1. The second-order valence-corrected chi connectivity index (χ2v) is 5.16. The van der Waals surface area contributed by atoms with Crippen LogP contribution in [0.15, 0.2) is 34.8 Å². The molecule has 8 nitrogen and oxygen atoms in total. The van der Waals surface area contributed by atoms with Gasteiger partial charge in [-0.15, -0.1) is 0 Å². The first-order valence-electron chi connectivity index (χ1n) is 7.86. The van der Waals surface area contributed by atoms with Crippen molar-refractivity contribution in [3.8, 4) is 12.1 Å². The number of benzene rings is 1. The van der Waals surface area contributed by atoms with Crippen LogP contribution in [0.3, 0.4) is 0 Å². The summed E-state index contributed by atoms with van der Waals surface area (Å²) in [5, 5.41) is 17.2. The van der Waals surface area contributed by atoms with Crippen molar-refractivity contribution < 1.29 is 18.7 Å². The summed E-state index contributed by atoms with van der Waals surface area (Å²) in [4.78, 5) is 29.3. The highest BCUT2D eigenvalue weighted by atomic mass is 16.5. The first-order valence-corrected chi connectivity index (χ1v) is 7.86. The third-order valence-electron chi connectivity index (χ3n) is 3.35. The average Bonchev–Trinajstić information content (AvgIpc) is 3.07. The molecule has 1 heterocycles. The molecule has 1 amide bonds. The SMILES string of the molecule is N#CCCN(CCC#N)C(=O)COC(=O)/C=C/c1nc2ccccc2o1. The number of aromatic nitrogens is 1. The van der Waals surface area contributed by atoms with Gasteiger partial charge in [-0.2, -0.15) is 10.5 Å². The van der Waals surface area contributed by atoms with Crippen molar-refractivity contribution >= 4 is 29.1 Å². The van der Waals surface area contributed by atoms with Crippen molar-refractivity contribution in [2.75, 3.05) is 19.7 Å². The molecule has 1 aromatic heterocycles. The zero-order chi connectivity index (χ0) is 18.8. The highest BCUT2D eigenvalue weighted by Gasteiger charge is 2.14. The molecule has 0 fully saturated rings. The third-order valence-corrected chi connectivity index (χ3v) is 3.35. The van der Waals surface area contributed by atoms with Gasteiger partial charge in [0, 0.05) is 25.2 Å². The van der Waals surface area contributed by atoms with Crippen LogP contribution in [-0.4, -0.2) is 41.5 Å². The summed E-state index contributed by atoms with van der Waals surface area (Å²) in [6.45, 7) is -0.0891. The predicted octanol–water partition coefficient (Wildman–Crippen LogP) is 2.04. The first-order chi connectivity index (χ1) is 12.6. The zero-order valence-electron chi connectivity index (χ0n) is 13.9. The van der Waals surface area contributed by atoms with Crippen molar-refractivity contribution in [2.24, 2.45) is 0 Å². The Hall–Kier alpha value is -3.65. The Morgan fingerprint density at radius 1 is 1.19 bits per heavy atom. The van der Waals surface area contributed by atoms with Crippen LogP contribution in [-0.2, 0) is 14.3 Å². The van der Waals surface area contributed by atoms with Crippen LogP contribution >= 0.6 is 0 Å². The van der Waals surface area contributed by atoms with Crippen LogP contribution in [0, 0.1) is 22.7 Å². The van der Waals surface area contributed by atoms with Crippen LogP contribution in [0.2, 0.25) is 0 Å². The van der Waals surface area contributed by atoms with Crippen molar-refractivity contribution in [2.45, 2.75) is 12.8 Å². The van der Waals surface area contributed by atoms with E-state index in [0.717, 1.165) is 6.08 Å². The summed E-state index contributed by atoms with van der Waals surface area (Å²) >= 11 is 0. The molecule has 1 aromatic carbocycles. The van der Waals surface area contributed by atoms with Gasteiger partial charge in [-0.1, -0.05) is 12.1 Å². The highest BCUT2D eigenvalue weighted by molar-refractivity contribution is 5.89. The maximum atomic E-state index is 12.0. The number of amides is 1. The Bertz CT molecular complexity index is 837. The lowest BCUT2D eigenvalue weighted by atomic mass is 10.3. The molecule has 132 valence electrons. The third kappa shape index (κ3) is 5.46. The first kappa shape index (κ1) is 18.7. The number of carbonyl (C=O) groups is 2. The van der Waals surface area contributed by atoms with Crippen molar-refractivity contribution in [1.29, 1.82) is 10.5 Å². The van der Waals surface area contributed by atoms with Crippen LogP contribution in [0.4, 0.5) is 0 Å². The van der Waals surface area contributed by atoms with Crippen molar-refractivity contribution in [3.63, 3.8) is 0 Å². The summed E-state index contributed by atoms with van der Waals surface area (Å²) in [5.41, 5.74) is 1.27. The summed E-state index contributed by atoms with van der Waals surface area (Å²) < 4.78 is 10.3. The predicted molar refractivity (Wildman–Crippen MR) is 91.0 cm³/mol. The largest absolute Gasteiger partial charge is 0.452 e. The second-order valence-electron chi connectivity index (χ2n) is 5.16. The lowest BCUT2D eigenvalue weighted by Gasteiger charge is -2.19. The highest BCUT2D eigenvalue weighted by Crippen LogP contribution is 2.15. The van der Waals surface area contributed by atoms with E-state index < -0.39 is 18.5 Å². The van der Waals surface area contributed by atoms with Gasteiger partial charge in [0.2, 0.25) is 5.89 Å². The number of nitrogens with zero attached hydrogens (tertiary/aromatic N) is 4. The lowest BCUT2D eigenvalue weighted by Crippen LogP contribution is -2.36. The van der Waals surface area contributed by atoms with E-state index in [-0.39, 0.29) is 31.8 Å². The van der Waals surface area contributed by atoms with E-state index in [1.165, 1.54) is 11.0 Å². The summed E-state index contributed by atoms with van der Waals surface area (Å²) in [6, 6.07) is 11.0. The fourth-order valence-electron chi connectivity index (χ4n) is 2.10. The standard InChI is InChI=1S/C18H16N4O4/c19-9-3-11-22(12-4-10-20)17(23)13-25-18(24)8-7-16-21-14-5-1-2-6-15(14)26-16/h1-2,5-8H,3-4,11-13H2/b8-7+. The van der Waals surface area contributed by atoms with Crippen LogP contribution in [0.5, 0.6) is 0 Å². The van der Waals surface area contributed by atoms with Gasteiger partial charge < -0.3 is 14.1 Å². The molecule has 2 rings (SSSR count). The molecular weight excluding hydrogens is 336 g/mol. The Morgan fingerprint density at radius 2 is 1.88 bits per heavy atom. The fraction of sp³-hybridized carbons (Fsp3) is 0.278. The molecular formula is C18H16N4O4. The monoisotopic (exact) mass is 352 g/mol. The van der Waals surface area contributed by atoms with Gasteiger partial charge in [-0.25, -0.2) is 9.78 Å². The number of nitriles is 2. The Labute approximate surface area is 149 Å². The minimum absolute atomic E-state index is 0.142. The Balaban J connectivity index is 1.87. The molecule has 8 heteroatoms. The molecule has 0 aliphatic heterocycles. The maximum absolute atomic E-state index is 12.0. The van der Waals surface area contributed by atoms with Gasteiger partial charge in [0.1, 0.15) is 5.52 Å². The minimum Gasteiger partial charge on any atom is -0.452 e.